The molecule has 2 heterocycles. The highest BCUT2D eigenvalue weighted by molar-refractivity contribution is 5.25. The highest BCUT2D eigenvalue weighted by Crippen LogP contribution is 2.11. The summed E-state index contributed by atoms with van der Waals surface area (Å²) < 4.78 is 2.04. The molecule has 0 aliphatic rings. The van der Waals surface area contributed by atoms with Crippen LogP contribution in [0.1, 0.15) is 28.2 Å². The second-order valence-corrected chi connectivity index (χ2v) is 5.91. The SMILES string of the molecule is Cc1ccc(CNCc2cccn2-c2nc(C)cc(C)n2)cc1. The number of aryl methyl sites for hydroxylation is 3. The van der Waals surface area contributed by atoms with Gasteiger partial charge < -0.3 is 5.32 Å². The minimum absolute atomic E-state index is 0.736. The van der Waals surface area contributed by atoms with Crippen molar-refractivity contribution in [1.82, 2.24) is 19.9 Å². The van der Waals surface area contributed by atoms with Crippen molar-refractivity contribution in [2.75, 3.05) is 0 Å². The Morgan fingerprint density at radius 2 is 1.61 bits per heavy atom. The zero-order valence-corrected chi connectivity index (χ0v) is 13.9. The van der Waals surface area contributed by atoms with Crippen LogP contribution in [0.15, 0.2) is 48.7 Å². The van der Waals surface area contributed by atoms with Gasteiger partial charge in [0.15, 0.2) is 0 Å². The Morgan fingerprint density at radius 1 is 0.913 bits per heavy atom. The lowest BCUT2D eigenvalue weighted by molar-refractivity contribution is 0.663. The van der Waals surface area contributed by atoms with E-state index in [0.29, 0.717) is 0 Å². The first kappa shape index (κ1) is 15.4. The van der Waals surface area contributed by atoms with Crippen molar-refractivity contribution in [1.29, 1.82) is 0 Å². The van der Waals surface area contributed by atoms with E-state index >= 15 is 0 Å². The van der Waals surface area contributed by atoms with Gasteiger partial charge in [0.1, 0.15) is 0 Å². The van der Waals surface area contributed by atoms with Crippen LogP contribution in [0.4, 0.5) is 0 Å². The fourth-order valence-corrected chi connectivity index (χ4v) is 2.61. The third-order valence-corrected chi connectivity index (χ3v) is 3.77. The lowest BCUT2D eigenvalue weighted by atomic mass is 10.1. The molecule has 0 saturated carbocycles. The Kier molecular flexibility index (Phi) is 4.53. The summed E-state index contributed by atoms with van der Waals surface area (Å²) in [6, 6.07) is 14.7. The maximum Gasteiger partial charge on any atom is 0.234 e. The number of rotatable bonds is 5. The van der Waals surface area contributed by atoms with Gasteiger partial charge in [-0.15, -0.1) is 0 Å². The van der Waals surface area contributed by atoms with E-state index in [1.165, 1.54) is 11.1 Å². The first-order valence-corrected chi connectivity index (χ1v) is 7.87. The van der Waals surface area contributed by atoms with Crippen LogP contribution in [-0.2, 0) is 13.1 Å². The second kappa shape index (κ2) is 6.75. The number of hydrogen-bond acceptors (Lipinski definition) is 3. The molecule has 3 rings (SSSR count). The number of hydrogen-bond donors (Lipinski definition) is 1. The normalized spacial score (nSPS) is 10.9. The second-order valence-electron chi connectivity index (χ2n) is 5.91. The van der Waals surface area contributed by atoms with Crippen molar-refractivity contribution >= 4 is 0 Å². The maximum absolute atomic E-state index is 4.54. The molecule has 0 spiro atoms. The van der Waals surface area contributed by atoms with Crippen molar-refractivity contribution in [3.05, 3.63) is 76.9 Å². The van der Waals surface area contributed by atoms with Crippen molar-refractivity contribution in [3.8, 4) is 5.95 Å². The molecule has 23 heavy (non-hydrogen) atoms. The molecule has 0 amide bonds. The monoisotopic (exact) mass is 306 g/mol. The molecule has 4 heteroatoms. The van der Waals surface area contributed by atoms with Crippen LogP contribution in [0.25, 0.3) is 5.95 Å². The minimum Gasteiger partial charge on any atom is -0.307 e. The van der Waals surface area contributed by atoms with Crippen LogP contribution in [0.5, 0.6) is 0 Å². The van der Waals surface area contributed by atoms with E-state index in [0.717, 1.165) is 36.1 Å². The predicted octanol–water partition coefficient (Wildman–Crippen LogP) is 3.48. The van der Waals surface area contributed by atoms with Gasteiger partial charge in [0.25, 0.3) is 0 Å². The van der Waals surface area contributed by atoms with E-state index in [9.17, 15) is 0 Å². The summed E-state index contributed by atoms with van der Waals surface area (Å²) in [4.78, 5) is 9.07. The average molecular weight is 306 g/mol. The van der Waals surface area contributed by atoms with Crippen LogP contribution in [-0.4, -0.2) is 14.5 Å². The Hall–Kier alpha value is -2.46. The molecular formula is C19H22N4. The molecule has 3 aromatic rings. The molecular weight excluding hydrogens is 284 g/mol. The Bertz CT molecular complexity index is 767. The van der Waals surface area contributed by atoms with Gasteiger partial charge in [0.05, 0.1) is 0 Å². The van der Waals surface area contributed by atoms with E-state index in [-0.39, 0.29) is 0 Å². The van der Waals surface area contributed by atoms with E-state index in [2.05, 4.69) is 52.5 Å². The molecule has 1 N–H and O–H groups in total. The van der Waals surface area contributed by atoms with Crippen LogP contribution in [0.3, 0.4) is 0 Å². The number of nitrogens with zero attached hydrogens (tertiary/aromatic N) is 3. The van der Waals surface area contributed by atoms with Crippen molar-refractivity contribution < 1.29 is 0 Å². The third kappa shape index (κ3) is 3.85. The van der Waals surface area contributed by atoms with Crippen molar-refractivity contribution in [2.24, 2.45) is 0 Å². The van der Waals surface area contributed by atoms with Gasteiger partial charge in [-0.1, -0.05) is 29.8 Å². The highest BCUT2D eigenvalue weighted by atomic mass is 15.2. The fourth-order valence-electron chi connectivity index (χ4n) is 2.61. The molecule has 4 nitrogen and oxygen atoms in total. The van der Waals surface area contributed by atoms with Crippen molar-refractivity contribution in [3.63, 3.8) is 0 Å². The van der Waals surface area contributed by atoms with Crippen LogP contribution < -0.4 is 5.32 Å². The van der Waals surface area contributed by atoms with Gasteiger partial charge in [0.2, 0.25) is 5.95 Å². The molecule has 0 atom stereocenters. The maximum atomic E-state index is 4.54. The van der Waals surface area contributed by atoms with Crippen molar-refractivity contribution in [2.45, 2.75) is 33.9 Å². The molecule has 0 aliphatic heterocycles. The minimum atomic E-state index is 0.736. The van der Waals surface area contributed by atoms with Crippen LogP contribution in [0.2, 0.25) is 0 Å². The zero-order chi connectivity index (χ0) is 16.2. The summed E-state index contributed by atoms with van der Waals surface area (Å²) in [5.41, 5.74) is 5.70. The lowest BCUT2D eigenvalue weighted by Crippen LogP contribution is -2.16. The summed E-state index contributed by atoms with van der Waals surface area (Å²) in [5, 5.41) is 3.49. The summed E-state index contributed by atoms with van der Waals surface area (Å²) in [6.45, 7) is 7.72. The predicted molar refractivity (Wildman–Crippen MR) is 92.6 cm³/mol. The zero-order valence-electron chi connectivity index (χ0n) is 13.9. The lowest BCUT2D eigenvalue weighted by Gasteiger charge is -2.10. The quantitative estimate of drug-likeness (QED) is 0.784. The van der Waals surface area contributed by atoms with Gasteiger partial charge in [0, 0.05) is 36.4 Å². The summed E-state index contributed by atoms with van der Waals surface area (Å²) >= 11 is 0. The van der Waals surface area contributed by atoms with E-state index in [1.54, 1.807) is 0 Å². The summed E-state index contributed by atoms with van der Waals surface area (Å²) in [5.74, 6) is 0.736. The van der Waals surface area contributed by atoms with E-state index < -0.39 is 0 Å². The summed E-state index contributed by atoms with van der Waals surface area (Å²) in [7, 11) is 0. The molecule has 0 radical (unpaired) electrons. The molecule has 1 aromatic carbocycles. The first-order valence-electron chi connectivity index (χ1n) is 7.87. The third-order valence-electron chi connectivity index (χ3n) is 3.77. The van der Waals surface area contributed by atoms with Crippen LogP contribution >= 0.6 is 0 Å². The molecule has 2 aromatic heterocycles. The largest absolute Gasteiger partial charge is 0.307 e. The number of nitrogens with one attached hydrogen (secondary N) is 1. The number of benzene rings is 1. The van der Waals surface area contributed by atoms with Gasteiger partial charge in [-0.3, -0.25) is 4.57 Å². The molecule has 118 valence electrons. The molecule has 0 unspecified atom stereocenters. The average Bonchev–Trinajstić information content (AvgIpc) is 2.97. The van der Waals surface area contributed by atoms with E-state index in [4.69, 9.17) is 0 Å². The summed E-state index contributed by atoms with van der Waals surface area (Å²) in [6.07, 6.45) is 2.01. The highest BCUT2D eigenvalue weighted by Gasteiger charge is 2.07. The Balaban J connectivity index is 1.70. The van der Waals surface area contributed by atoms with Crippen LogP contribution in [0, 0.1) is 20.8 Å². The van der Waals surface area contributed by atoms with E-state index in [1.807, 2.05) is 36.7 Å². The number of aromatic nitrogens is 3. The Morgan fingerprint density at radius 3 is 2.30 bits per heavy atom. The molecule has 0 fully saturated rings. The molecule has 0 aliphatic carbocycles. The smallest absolute Gasteiger partial charge is 0.234 e. The fraction of sp³-hybridized carbons (Fsp3) is 0.263. The topological polar surface area (TPSA) is 42.7 Å². The molecule has 0 saturated heterocycles. The van der Waals surface area contributed by atoms with Gasteiger partial charge in [-0.25, -0.2) is 9.97 Å². The van der Waals surface area contributed by atoms with Gasteiger partial charge >= 0.3 is 0 Å². The van der Waals surface area contributed by atoms with Gasteiger partial charge in [-0.2, -0.15) is 0 Å². The Labute approximate surface area is 137 Å². The standard InChI is InChI=1S/C19H22N4/c1-14-6-8-17(9-7-14)12-20-13-18-5-4-10-23(18)19-21-15(2)11-16(3)22-19/h4-11,20H,12-13H2,1-3H3. The first-order chi connectivity index (χ1) is 11.1. The van der Waals surface area contributed by atoms with Gasteiger partial charge in [-0.05, 0) is 44.5 Å². The molecule has 0 bridgehead atoms.